The van der Waals surface area contributed by atoms with Crippen molar-refractivity contribution in [2.24, 2.45) is 5.92 Å². The van der Waals surface area contributed by atoms with E-state index in [1.807, 2.05) is 0 Å². The molecule has 3 nitrogen and oxygen atoms in total. The first-order valence-corrected chi connectivity index (χ1v) is 8.38. The molecular weight excluding hydrogens is 236 g/mol. The van der Waals surface area contributed by atoms with Crippen molar-refractivity contribution in [1.29, 1.82) is 0 Å². The topological polar surface area (TPSA) is 43.4 Å². The van der Waals surface area contributed by atoms with Gasteiger partial charge < -0.3 is 0 Å². The van der Waals surface area contributed by atoms with Crippen molar-refractivity contribution in [3.05, 3.63) is 0 Å². The van der Waals surface area contributed by atoms with Gasteiger partial charge in [-0.05, 0) is 12.3 Å². The highest BCUT2D eigenvalue weighted by Gasteiger charge is 2.11. The fraction of sp³-hybridized carbons (Fsp3) is 1.00. The standard InChI is InChI=1S/C13H28O3S/c1-4-5-6-7-8-9-10-13(2)11-12-17(14,15)16-3/h13H,4-12H2,1-3H3. The molecular formula is C13H28O3S. The van der Waals surface area contributed by atoms with Gasteiger partial charge >= 0.3 is 0 Å². The first kappa shape index (κ1) is 16.9. The van der Waals surface area contributed by atoms with Crippen LogP contribution in [0.25, 0.3) is 0 Å². The largest absolute Gasteiger partial charge is 0.273 e. The summed E-state index contributed by atoms with van der Waals surface area (Å²) in [5.74, 6) is 0.631. The number of unbranched alkanes of at least 4 members (excludes halogenated alkanes) is 5. The molecule has 0 fully saturated rings. The van der Waals surface area contributed by atoms with Crippen molar-refractivity contribution in [3.63, 3.8) is 0 Å². The Morgan fingerprint density at radius 1 is 1.00 bits per heavy atom. The van der Waals surface area contributed by atoms with Gasteiger partial charge in [-0.25, -0.2) is 0 Å². The smallest absolute Gasteiger partial charge is 0.267 e. The maximum absolute atomic E-state index is 11.1. The maximum atomic E-state index is 11.1. The van der Waals surface area contributed by atoms with Crippen LogP contribution in [0.2, 0.25) is 0 Å². The normalized spacial score (nSPS) is 13.8. The number of rotatable bonds is 11. The van der Waals surface area contributed by atoms with Crippen LogP contribution in [-0.2, 0) is 14.3 Å². The zero-order valence-electron chi connectivity index (χ0n) is 11.6. The summed E-state index contributed by atoms with van der Waals surface area (Å²) in [4.78, 5) is 0. The van der Waals surface area contributed by atoms with E-state index in [0.717, 1.165) is 6.42 Å². The Balaban J connectivity index is 3.44. The molecule has 1 atom stereocenters. The molecule has 0 saturated heterocycles. The van der Waals surface area contributed by atoms with Crippen molar-refractivity contribution in [2.45, 2.75) is 65.2 Å². The van der Waals surface area contributed by atoms with E-state index in [-0.39, 0.29) is 5.75 Å². The lowest BCUT2D eigenvalue weighted by atomic mass is 10.00. The molecule has 0 rings (SSSR count). The van der Waals surface area contributed by atoms with Gasteiger partial charge in [-0.3, -0.25) is 4.18 Å². The lowest BCUT2D eigenvalue weighted by Gasteiger charge is -2.10. The van der Waals surface area contributed by atoms with E-state index in [1.165, 1.54) is 45.6 Å². The van der Waals surface area contributed by atoms with Gasteiger partial charge in [-0.2, -0.15) is 8.42 Å². The summed E-state index contributed by atoms with van der Waals surface area (Å²) < 4.78 is 26.7. The minimum Gasteiger partial charge on any atom is -0.273 e. The van der Waals surface area contributed by atoms with Crippen LogP contribution in [-0.4, -0.2) is 21.3 Å². The quantitative estimate of drug-likeness (QED) is 0.422. The third-order valence-electron chi connectivity index (χ3n) is 3.17. The minimum atomic E-state index is -3.26. The zero-order chi connectivity index (χ0) is 13.1. The van der Waals surface area contributed by atoms with E-state index in [1.54, 1.807) is 0 Å². The predicted octanol–water partition coefficient (Wildman–Crippen LogP) is 3.74. The van der Waals surface area contributed by atoms with Crippen molar-refractivity contribution in [1.82, 2.24) is 0 Å². The summed E-state index contributed by atoms with van der Waals surface area (Å²) in [6.07, 6.45) is 9.61. The van der Waals surface area contributed by atoms with Crippen LogP contribution in [0.1, 0.15) is 65.2 Å². The lowest BCUT2D eigenvalue weighted by molar-refractivity contribution is 0.389. The predicted molar refractivity (Wildman–Crippen MR) is 72.6 cm³/mol. The summed E-state index contributed by atoms with van der Waals surface area (Å²) >= 11 is 0. The molecule has 0 saturated carbocycles. The Kier molecular flexibility index (Phi) is 9.84. The third-order valence-corrected chi connectivity index (χ3v) is 4.41. The molecule has 0 aliphatic carbocycles. The third kappa shape index (κ3) is 10.8. The van der Waals surface area contributed by atoms with E-state index < -0.39 is 10.1 Å². The van der Waals surface area contributed by atoms with Crippen LogP contribution in [0, 0.1) is 5.92 Å². The molecule has 0 aliphatic heterocycles. The Hall–Kier alpha value is -0.0900. The highest BCUT2D eigenvalue weighted by Crippen LogP contribution is 2.15. The van der Waals surface area contributed by atoms with Gasteiger partial charge in [-0.1, -0.05) is 58.8 Å². The summed E-state index contributed by atoms with van der Waals surface area (Å²) in [5.41, 5.74) is 0. The average molecular weight is 264 g/mol. The van der Waals surface area contributed by atoms with E-state index in [4.69, 9.17) is 0 Å². The van der Waals surface area contributed by atoms with Crippen LogP contribution in [0.15, 0.2) is 0 Å². The second kappa shape index (κ2) is 9.89. The molecule has 0 aromatic heterocycles. The Labute approximate surface area is 107 Å². The maximum Gasteiger partial charge on any atom is 0.267 e. The van der Waals surface area contributed by atoms with Crippen molar-refractivity contribution in [3.8, 4) is 0 Å². The molecule has 17 heavy (non-hydrogen) atoms. The van der Waals surface area contributed by atoms with E-state index >= 15 is 0 Å². The van der Waals surface area contributed by atoms with Gasteiger partial charge in [-0.15, -0.1) is 0 Å². The molecule has 0 radical (unpaired) electrons. The van der Waals surface area contributed by atoms with Crippen LogP contribution < -0.4 is 0 Å². The Morgan fingerprint density at radius 2 is 1.59 bits per heavy atom. The summed E-state index contributed by atoms with van der Waals surface area (Å²) in [7, 11) is -2.03. The second-order valence-corrected chi connectivity index (χ2v) is 6.74. The van der Waals surface area contributed by atoms with Crippen molar-refractivity contribution in [2.75, 3.05) is 12.9 Å². The molecule has 0 spiro atoms. The molecule has 0 amide bonds. The highest BCUT2D eigenvalue weighted by atomic mass is 32.2. The van der Waals surface area contributed by atoms with Crippen LogP contribution in [0.3, 0.4) is 0 Å². The van der Waals surface area contributed by atoms with Gasteiger partial charge in [0.05, 0.1) is 12.9 Å². The van der Waals surface area contributed by atoms with E-state index in [0.29, 0.717) is 12.3 Å². The van der Waals surface area contributed by atoms with E-state index in [2.05, 4.69) is 18.0 Å². The zero-order valence-corrected chi connectivity index (χ0v) is 12.4. The van der Waals surface area contributed by atoms with Crippen LogP contribution in [0.5, 0.6) is 0 Å². The molecule has 0 aromatic carbocycles. The van der Waals surface area contributed by atoms with Gasteiger partial charge in [0.25, 0.3) is 10.1 Å². The van der Waals surface area contributed by atoms with E-state index in [9.17, 15) is 8.42 Å². The second-order valence-electron chi connectivity index (χ2n) is 4.88. The Bertz CT molecular complexity index is 260. The molecule has 104 valence electrons. The molecule has 0 aliphatic rings. The molecule has 4 heteroatoms. The van der Waals surface area contributed by atoms with Gasteiger partial charge in [0.15, 0.2) is 0 Å². The van der Waals surface area contributed by atoms with Crippen LogP contribution >= 0.6 is 0 Å². The number of hydrogen-bond acceptors (Lipinski definition) is 3. The fourth-order valence-corrected chi connectivity index (χ4v) is 2.70. The average Bonchev–Trinajstić information content (AvgIpc) is 2.31. The molecule has 1 unspecified atom stereocenters. The van der Waals surface area contributed by atoms with Gasteiger partial charge in [0.2, 0.25) is 0 Å². The highest BCUT2D eigenvalue weighted by molar-refractivity contribution is 7.86. The first-order valence-electron chi connectivity index (χ1n) is 6.80. The lowest BCUT2D eigenvalue weighted by Crippen LogP contribution is -2.11. The van der Waals surface area contributed by atoms with Crippen molar-refractivity contribution < 1.29 is 12.6 Å². The molecule has 0 N–H and O–H groups in total. The molecule has 0 heterocycles. The van der Waals surface area contributed by atoms with Crippen molar-refractivity contribution >= 4 is 10.1 Å². The minimum absolute atomic E-state index is 0.153. The summed E-state index contributed by atoms with van der Waals surface area (Å²) in [6.45, 7) is 4.34. The fourth-order valence-electron chi connectivity index (χ4n) is 1.85. The molecule has 0 bridgehead atoms. The number of hydrogen-bond donors (Lipinski definition) is 0. The first-order chi connectivity index (χ1) is 8.02. The van der Waals surface area contributed by atoms with Gasteiger partial charge in [0.1, 0.15) is 0 Å². The summed E-state index contributed by atoms with van der Waals surface area (Å²) in [6, 6.07) is 0. The Morgan fingerprint density at radius 3 is 2.18 bits per heavy atom. The summed E-state index contributed by atoms with van der Waals surface area (Å²) in [5, 5.41) is 0. The monoisotopic (exact) mass is 264 g/mol. The van der Waals surface area contributed by atoms with Crippen LogP contribution in [0.4, 0.5) is 0 Å². The molecule has 0 aromatic rings. The van der Waals surface area contributed by atoms with Gasteiger partial charge in [0, 0.05) is 0 Å². The SMILES string of the molecule is CCCCCCCCC(C)CCS(=O)(=O)OC.